The molecule has 2 unspecified atom stereocenters. The molecule has 1 aromatic heterocycles. The predicted molar refractivity (Wildman–Crippen MR) is 78.0 cm³/mol. The summed E-state index contributed by atoms with van der Waals surface area (Å²) in [6, 6.07) is 8.22. The number of aromatic nitrogens is 2. The smallest absolute Gasteiger partial charge is 0.126 e. The molecule has 2 N–H and O–H groups in total. The molecule has 2 aromatic rings. The van der Waals surface area contributed by atoms with E-state index in [1.807, 2.05) is 39.1 Å². The van der Waals surface area contributed by atoms with Crippen molar-refractivity contribution in [2.45, 2.75) is 38.8 Å². The first-order chi connectivity index (χ1) is 8.94. The zero-order chi connectivity index (χ0) is 14.0. The van der Waals surface area contributed by atoms with E-state index in [1.165, 1.54) is 0 Å². The molecule has 0 saturated carbocycles. The number of imidazole rings is 1. The van der Waals surface area contributed by atoms with Crippen LogP contribution in [-0.2, 0) is 7.05 Å². The van der Waals surface area contributed by atoms with Crippen molar-refractivity contribution in [3.8, 4) is 0 Å². The third-order valence-electron chi connectivity index (χ3n) is 3.76. The number of fused-ring (bicyclic) bond motifs is 1. The van der Waals surface area contributed by atoms with Crippen LogP contribution in [-0.4, -0.2) is 26.8 Å². The van der Waals surface area contributed by atoms with Crippen LogP contribution in [0.25, 0.3) is 11.0 Å². The topological polar surface area (TPSA) is 50.1 Å². The van der Waals surface area contributed by atoms with Crippen molar-refractivity contribution in [2.24, 2.45) is 7.05 Å². The van der Waals surface area contributed by atoms with Crippen molar-refractivity contribution in [1.82, 2.24) is 14.9 Å². The Labute approximate surface area is 114 Å². The number of benzene rings is 1. The fourth-order valence-corrected chi connectivity index (χ4v) is 2.14. The quantitative estimate of drug-likeness (QED) is 0.869. The van der Waals surface area contributed by atoms with E-state index in [9.17, 15) is 5.11 Å². The molecule has 0 radical (unpaired) electrons. The molecule has 0 aliphatic carbocycles. The van der Waals surface area contributed by atoms with Crippen molar-refractivity contribution in [3.63, 3.8) is 0 Å². The Kier molecular flexibility index (Phi) is 3.92. The molecule has 0 aliphatic heterocycles. The number of hydrogen-bond acceptors (Lipinski definition) is 3. The van der Waals surface area contributed by atoms with Crippen LogP contribution in [0.1, 0.15) is 39.1 Å². The van der Waals surface area contributed by atoms with E-state index >= 15 is 0 Å². The summed E-state index contributed by atoms with van der Waals surface area (Å²) in [6.07, 6.45) is 0.731. The molecule has 2 rings (SSSR count). The van der Waals surface area contributed by atoms with Gasteiger partial charge in [-0.15, -0.1) is 0 Å². The lowest BCUT2D eigenvalue weighted by Gasteiger charge is -2.24. The first-order valence-corrected chi connectivity index (χ1v) is 6.82. The zero-order valence-electron chi connectivity index (χ0n) is 12.1. The Morgan fingerprint density at radius 3 is 2.74 bits per heavy atom. The van der Waals surface area contributed by atoms with Crippen molar-refractivity contribution in [1.29, 1.82) is 0 Å². The molecule has 1 heterocycles. The minimum Gasteiger partial charge on any atom is -0.389 e. The van der Waals surface area contributed by atoms with Gasteiger partial charge in [-0.3, -0.25) is 0 Å². The second kappa shape index (κ2) is 5.31. The average molecular weight is 261 g/mol. The summed E-state index contributed by atoms with van der Waals surface area (Å²) >= 11 is 0. The normalized spacial score (nSPS) is 16.5. The van der Waals surface area contributed by atoms with Crippen molar-refractivity contribution >= 4 is 11.0 Å². The van der Waals surface area contributed by atoms with Gasteiger partial charge in [-0.05, 0) is 32.4 Å². The minimum atomic E-state index is -0.668. The van der Waals surface area contributed by atoms with Crippen molar-refractivity contribution < 1.29 is 5.11 Å². The summed E-state index contributed by atoms with van der Waals surface area (Å²) in [7, 11) is 2.03. The van der Waals surface area contributed by atoms with Crippen LogP contribution < -0.4 is 5.32 Å². The number of nitrogens with zero attached hydrogens (tertiary/aromatic N) is 2. The molecule has 1 aromatic carbocycles. The van der Waals surface area contributed by atoms with Crippen LogP contribution in [0.3, 0.4) is 0 Å². The van der Waals surface area contributed by atoms with Gasteiger partial charge in [0.05, 0.1) is 22.7 Å². The summed E-state index contributed by atoms with van der Waals surface area (Å²) in [4.78, 5) is 4.66. The van der Waals surface area contributed by atoms with Gasteiger partial charge in [0.25, 0.3) is 0 Å². The Balaban J connectivity index is 2.17. The SMILES string of the molecule is CCC(C)(O)CNC(C)c1nc2ccccc2n1C. The first kappa shape index (κ1) is 14.0. The lowest BCUT2D eigenvalue weighted by Crippen LogP contribution is -2.38. The van der Waals surface area contributed by atoms with Gasteiger partial charge >= 0.3 is 0 Å². The first-order valence-electron chi connectivity index (χ1n) is 6.82. The molecule has 0 spiro atoms. The van der Waals surface area contributed by atoms with Gasteiger partial charge in [-0.1, -0.05) is 19.1 Å². The summed E-state index contributed by atoms with van der Waals surface area (Å²) in [6.45, 7) is 6.48. The van der Waals surface area contributed by atoms with Crippen LogP contribution in [0.5, 0.6) is 0 Å². The lowest BCUT2D eigenvalue weighted by molar-refractivity contribution is 0.0530. The predicted octanol–water partition coefficient (Wildman–Crippen LogP) is 2.38. The maximum atomic E-state index is 10.0. The Bertz CT molecular complexity index is 560. The summed E-state index contributed by atoms with van der Waals surface area (Å²) in [5.41, 5.74) is 1.48. The van der Waals surface area contributed by atoms with Crippen LogP contribution in [0.15, 0.2) is 24.3 Å². The van der Waals surface area contributed by atoms with Gasteiger partial charge in [0.2, 0.25) is 0 Å². The number of aryl methyl sites for hydroxylation is 1. The zero-order valence-corrected chi connectivity index (χ0v) is 12.1. The molecule has 4 heteroatoms. The van der Waals surface area contributed by atoms with Gasteiger partial charge in [0.15, 0.2) is 0 Å². The lowest BCUT2D eigenvalue weighted by atomic mass is 10.0. The molecule has 0 bridgehead atoms. The molecule has 19 heavy (non-hydrogen) atoms. The second-order valence-electron chi connectivity index (χ2n) is 5.47. The fraction of sp³-hybridized carbons (Fsp3) is 0.533. The van der Waals surface area contributed by atoms with E-state index in [0.717, 1.165) is 23.3 Å². The average Bonchev–Trinajstić information content (AvgIpc) is 2.74. The Hall–Kier alpha value is -1.39. The Morgan fingerprint density at radius 1 is 1.42 bits per heavy atom. The Morgan fingerprint density at radius 2 is 2.11 bits per heavy atom. The molecule has 4 nitrogen and oxygen atoms in total. The maximum Gasteiger partial charge on any atom is 0.126 e. The number of para-hydroxylation sites is 2. The standard InChI is InChI=1S/C15H23N3O/c1-5-15(3,19)10-16-11(2)14-17-12-8-6-7-9-13(12)18(14)4/h6-9,11,16,19H,5,10H2,1-4H3. The number of nitrogens with one attached hydrogen (secondary N) is 1. The van der Waals surface area contributed by atoms with Crippen molar-refractivity contribution in [3.05, 3.63) is 30.1 Å². The van der Waals surface area contributed by atoms with Crippen LogP contribution in [0.4, 0.5) is 0 Å². The largest absolute Gasteiger partial charge is 0.389 e. The van der Waals surface area contributed by atoms with E-state index in [0.29, 0.717) is 6.54 Å². The number of rotatable bonds is 5. The molecule has 0 aliphatic rings. The van der Waals surface area contributed by atoms with E-state index < -0.39 is 5.60 Å². The molecule has 2 atom stereocenters. The van der Waals surface area contributed by atoms with Crippen molar-refractivity contribution in [2.75, 3.05) is 6.54 Å². The molecule has 0 fully saturated rings. The molecular weight excluding hydrogens is 238 g/mol. The second-order valence-corrected chi connectivity index (χ2v) is 5.47. The number of aliphatic hydroxyl groups is 1. The molecule has 0 amide bonds. The summed E-state index contributed by atoms with van der Waals surface area (Å²) < 4.78 is 2.10. The molecule has 104 valence electrons. The third-order valence-corrected chi connectivity index (χ3v) is 3.76. The minimum absolute atomic E-state index is 0.107. The number of hydrogen-bond donors (Lipinski definition) is 2. The highest BCUT2D eigenvalue weighted by Gasteiger charge is 2.20. The van der Waals surface area contributed by atoms with Gasteiger partial charge in [0, 0.05) is 13.6 Å². The van der Waals surface area contributed by atoms with E-state index in [1.54, 1.807) is 0 Å². The summed E-state index contributed by atoms with van der Waals surface area (Å²) in [5, 5.41) is 13.4. The fourth-order valence-electron chi connectivity index (χ4n) is 2.14. The highest BCUT2D eigenvalue weighted by Crippen LogP contribution is 2.19. The van der Waals surface area contributed by atoms with Crippen LogP contribution >= 0.6 is 0 Å². The third kappa shape index (κ3) is 2.96. The van der Waals surface area contributed by atoms with Gasteiger partial charge < -0.3 is 15.0 Å². The molecule has 0 saturated heterocycles. The van der Waals surface area contributed by atoms with Crippen LogP contribution in [0.2, 0.25) is 0 Å². The molecular formula is C15H23N3O. The highest BCUT2D eigenvalue weighted by atomic mass is 16.3. The van der Waals surface area contributed by atoms with Gasteiger partial charge in [-0.2, -0.15) is 0 Å². The van der Waals surface area contributed by atoms with E-state index in [2.05, 4.69) is 27.9 Å². The van der Waals surface area contributed by atoms with E-state index in [4.69, 9.17) is 0 Å². The monoisotopic (exact) mass is 261 g/mol. The van der Waals surface area contributed by atoms with E-state index in [-0.39, 0.29) is 6.04 Å². The highest BCUT2D eigenvalue weighted by molar-refractivity contribution is 5.75. The van der Waals surface area contributed by atoms with Gasteiger partial charge in [-0.25, -0.2) is 4.98 Å². The summed E-state index contributed by atoms with van der Waals surface area (Å²) in [5.74, 6) is 0.994. The van der Waals surface area contributed by atoms with Gasteiger partial charge in [0.1, 0.15) is 5.82 Å². The van der Waals surface area contributed by atoms with Crippen LogP contribution in [0, 0.1) is 0 Å². The maximum absolute atomic E-state index is 10.0.